The smallest absolute Gasteiger partial charge is 0.402 e. The third-order valence-corrected chi connectivity index (χ3v) is 5.96. The number of carbonyl (C=O) groups excluding carboxylic acids is 1. The normalized spacial score (nSPS) is 12.7. The quantitative estimate of drug-likeness (QED) is 0.496. The highest BCUT2D eigenvalue weighted by Gasteiger charge is 2.30. The van der Waals surface area contributed by atoms with Gasteiger partial charge in [0.1, 0.15) is 12.3 Å². The predicted octanol–water partition coefficient (Wildman–Crippen LogP) is 4.60. The van der Waals surface area contributed by atoms with Crippen molar-refractivity contribution in [1.82, 2.24) is 4.72 Å². The minimum Gasteiger partial charge on any atom is -0.481 e. The number of sulfonamides is 1. The summed E-state index contributed by atoms with van der Waals surface area (Å²) >= 11 is 0. The number of hydrogen-bond donors (Lipinski definition) is 2. The molecular weight excluding hydrogens is 457 g/mol. The highest BCUT2D eigenvalue weighted by molar-refractivity contribution is 7.89. The van der Waals surface area contributed by atoms with Gasteiger partial charge in [-0.05, 0) is 54.4 Å². The molecular formula is C23H21F3N2O4S. The van der Waals surface area contributed by atoms with Crippen LogP contribution in [0.5, 0.6) is 5.75 Å². The third kappa shape index (κ3) is 7.06. The Morgan fingerprint density at radius 1 is 0.909 bits per heavy atom. The molecule has 0 aliphatic carbocycles. The van der Waals surface area contributed by atoms with E-state index in [1.807, 2.05) is 42.5 Å². The molecule has 3 aromatic rings. The molecule has 2 N–H and O–H groups in total. The number of carbonyl (C=O) groups is 1. The summed E-state index contributed by atoms with van der Waals surface area (Å²) in [7, 11) is -4.33. The zero-order valence-electron chi connectivity index (χ0n) is 17.5. The molecule has 0 heterocycles. The first kappa shape index (κ1) is 24.3. The number of nitrogens with one attached hydrogen (secondary N) is 2. The second kappa shape index (κ2) is 10.1. The Labute approximate surface area is 189 Å². The molecule has 33 heavy (non-hydrogen) atoms. The minimum atomic E-state index is -4.67. The molecule has 0 aliphatic rings. The van der Waals surface area contributed by atoms with Crippen LogP contribution in [-0.2, 0) is 14.8 Å². The van der Waals surface area contributed by atoms with E-state index in [-0.39, 0.29) is 10.6 Å². The number of halogens is 3. The standard InChI is InChI=1S/C23H21F3N2O4S/c1-16(32-20-11-7-18(8-12-20)17-5-3-2-4-6-17)22(29)28-19-9-13-21(14-10-19)33(30,31)27-15-23(24,25)26/h2-14,16,27H,15H2,1H3,(H,28,29). The number of anilines is 1. The summed E-state index contributed by atoms with van der Waals surface area (Å²) in [5.41, 5.74) is 2.32. The van der Waals surface area contributed by atoms with Crippen LogP contribution >= 0.6 is 0 Å². The van der Waals surface area contributed by atoms with Crippen molar-refractivity contribution in [2.45, 2.75) is 24.1 Å². The molecule has 0 aliphatic heterocycles. The molecule has 1 atom stereocenters. The molecule has 0 saturated heterocycles. The van der Waals surface area contributed by atoms with Gasteiger partial charge in [-0.15, -0.1) is 0 Å². The summed E-state index contributed by atoms with van der Waals surface area (Å²) in [6, 6.07) is 21.8. The highest BCUT2D eigenvalue weighted by atomic mass is 32.2. The second-order valence-electron chi connectivity index (χ2n) is 7.10. The Kier molecular flexibility index (Phi) is 7.39. The van der Waals surface area contributed by atoms with E-state index in [9.17, 15) is 26.4 Å². The minimum absolute atomic E-state index is 0.268. The summed E-state index contributed by atoms with van der Waals surface area (Å²) in [4.78, 5) is 12.1. The van der Waals surface area contributed by atoms with E-state index in [1.165, 1.54) is 16.9 Å². The van der Waals surface area contributed by atoms with Crippen molar-refractivity contribution >= 4 is 21.6 Å². The van der Waals surface area contributed by atoms with Crippen LogP contribution in [0.1, 0.15) is 6.92 Å². The molecule has 3 aromatic carbocycles. The molecule has 0 spiro atoms. The number of benzene rings is 3. The lowest BCUT2D eigenvalue weighted by Crippen LogP contribution is -2.33. The van der Waals surface area contributed by atoms with Crippen LogP contribution in [0, 0.1) is 0 Å². The van der Waals surface area contributed by atoms with Crippen molar-refractivity contribution in [3.05, 3.63) is 78.9 Å². The van der Waals surface area contributed by atoms with Crippen molar-refractivity contribution < 1.29 is 31.1 Å². The lowest BCUT2D eigenvalue weighted by Gasteiger charge is -2.15. The van der Waals surface area contributed by atoms with Crippen LogP contribution in [0.15, 0.2) is 83.8 Å². The zero-order valence-corrected chi connectivity index (χ0v) is 18.3. The Hall–Kier alpha value is -3.37. The van der Waals surface area contributed by atoms with E-state index in [1.54, 1.807) is 19.1 Å². The maximum absolute atomic E-state index is 12.4. The summed E-state index contributed by atoms with van der Waals surface area (Å²) in [6.07, 6.45) is -5.52. The van der Waals surface area contributed by atoms with Crippen molar-refractivity contribution in [3.8, 4) is 16.9 Å². The molecule has 0 fully saturated rings. The van der Waals surface area contributed by atoms with E-state index >= 15 is 0 Å². The average molecular weight is 478 g/mol. The Balaban J connectivity index is 1.57. The van der Waals surface area contributed by atoms with Gasteiger partial charge in [-0.25, -0.2) is 13.1 Å². The van der Waals surface area contributed by atoms with Crippen LogP contribution in [-0.4, -0.2) is 33.1 Å². The second-order valence-corrected chi connectivity index (χ2v) is 8.87. The Morgan fingerprint density at radius 2 is 1.48 bits per heavy atom. The van der Waals surface area contributed by atoms with Crippen molar-refractivity contribution in [1.29, 1.82) is 0 Å². The van der Waals surface area contributed by atoms with Gasteiger partial charge in [0.15, 0.2) is 6.10 Å². The molecule has 6 nitrogen and oxygen atoms in total. The molecule has 174 valence electrons. The predicted molar refractivity (Wildman–Crippen MR) is 118 cm³/mol. The van der Waals surface area contributed by atoms with Crippen LogP contribution in [0.3, 0.4) is 0 Å². The van der Waals surface area contributed by atoms with E-state index in [4.69, 9.17) is 4.74 Å². The molecule has 10 heteroatoms. The lowest BCUT2D eigenvalue weighted by atomic mass is 10.1. The van der Waals surface area contributed by atoms with Gasteiger partial charge >= 0.3 is 6.18 Å². The fourth-order valence-electron chi connectivity index (χ4n) is 2.84. The topological polar surface area (TPSA) is 84.5 Å². The number of amides is 1. The van der Waals surface area contributed by atoms with Crippen molar-refractivity contribution in [3.63, 3.8) is 0 Å². The molecule has 1 unspecified atom stereocenters. The number of alkyl halides is 3. The van der Waals surface area contributed by atoms with E-state index in [2.05, 4.69) is 5.32 Å². The Morgan fingerprint density at radius 3 is 2.06 bits per heavy atom. The summed E-state index contributed by atoms with van der Waals surface area (Å²) in [6.45, 7) is -0.116. The van der Waals surface area contributed by atoms with Gasteiger partial charge < -0.3 is 10.1 Å². The molecule has 0 bridgehead atoms. The first-order valence-electron chi connectivity index (χ1n) is 9.83. The van der Waals surface area contributed by atoms with Gasteiger partial charge in [-0.2, -0.15) is 13.2 Å². The number of rotatable bonds is 8. The van der Waals surface area contributed by atoms with Gasteiger partial charge in [0, 0.05) is 5.69 Å². The Bertz CT molecular complexity index is 1180. The summed E-state index contributed by atoms with van der Waals surface area (Å²) in [5, 5.41) is 2.57. The van der Waals surface area contributed by atoms with Crippen LogP contribution in [0.2, 0.25) is 0 Å². The molecule has 1 amide bonds. The van der Waals surface area contributed by atoms with Crippen molar-refractivity contribution in [2.24, 2.45) is 0 Å². The first-order chi connectivity index (χ1) is 15.5. The molecule has 3 rings (SSSR count). The van der Waals surface area contributed by atoms with Crippen LogP contribution in [0.4, 0.5) is 18.9 Å². The lowest BCUT2D eigenvalue weighted by molar-refractivity contribution is -0.122. The van der Waals surface area contributed by atoms with Crippen LogP contribution in [0.25, 0.3) is 11.1 Å². The van der Waals surface area contributed by atoms with Crippen LogP contribution < -0.4 is 14.8 Å². The third-order valence-electron chi connectivity index (χ3n) is 4.54. The largest absolute Gasteiger partial charge is 0.481 e. The van der Waals surface area contributed by atoms with Gasteiger partial charge in [-0.1, -0.05) is 42.5 Å². The number of hydrogen-bond acceptors (Lipinski definition) is 4. The van der Waals surface area contributed by atoms with Gasteiger partial charge in [0.25, 0.3) is 5.91 Å². The fraction of sp³-hybridized carbons (Fsp3) is 0.174. The van der Waals surface area contributed by atoms with Gasteiger partial charge in [0.2, 0.25) is 10.0 Å². The maximum atomic E-state index is 12.4. The molecule has 0 saturated carbocycles. The first-order valence-corrected chi connectivity index (χ1v) is 11.3. The molecule has 0 radical (unpaired) electrons. The van der Waals surface area contributed by atoms with E-state index < -0.39 is 34.8 Å². The summed E-state index contributed by atoms with van der Waals surface area (Å²) in [5.74, 6) is 0.0162. The van der Waals surface area contributed by atoms with Gasteiger partial charge in [0.05, 0.1) is 4.90 Å². The fourth-order valence-corrected chi connectivity index (χ4v) is 3.85. The molecule has 0 aromatic heterocycles. The monoisotopic (exact) mass is 478 g/mol. The number of ether oxygens (including phenoxy) is 1. The maximum Gasteiger partial charge on any atom is 0.402 e. The summed E-state index contributed by atoms with van der Waals surface area (Å²) < 4.78 is 67.7. The van der Waals surface area contributed by atoms with E-state index in [0.29, 0.717) is 5.75 Å². The average Bonchev–Trinajstić information content (AvgIpc) is 2.79. The SMILES string of the molecule is CC(Oc1ccc(-c2ccccc2)cc1)C(=O)Nc1ccc(S(=O)(=O)NCC(F)(F)F)cc1. The van der Waals surface area contributed by atoms with Gasteiger partial charge in [-0.3, -0.25) is 4.79 Å². The highest BCUT2D eigenvalue weighted by Crippen LogP contribution is 2.23. The van der Waals surface area contributed by atoms with E-state index in [0.717, 1.165) is 23.3 Å². The van der Waals surface area contributed by atoms with Crippen molar-refractivity contribution in [2.75, 3.05) is 11.9 Å². The zero-order chi connectivity index (χ0) is 24.1.